The average Bonchev–Trinajstić information content (AvgIpc) is 3.20. The molecule has 9 heteroatoms. The van der Waals surface area contributed by atoms with Crippen molar-refractivity contribution in [2.45, 2.75) is 31.5 Å². The molecule has 3 rings (SSSR count). The van der Waals surface area contributed by atoms with E-state index in [9.17, 15) is 13.2 Å². The fourth-order valence-electron chi connectivity index (χ4n) is 3.04. The van der Waals surface area contributed by atoms with Gasteiger partial charge < -0.3 is 9.32 Å². The maximum Gasteiger partial charge on any atom is 0.289 e. The van der Waals surface area contributed by atoms with Crippen LogP contribution in [0.3, 0.4) is 0 Å². The first kappa shape index (κ1) is 18.7. The molecule has 1 fully saturated rings. The Morgan fingerprint density at radius 1 is 1.23 bits per heavy atom. The Morgan fingerprint density at radius 3 is 2.69 bits per heavy atom. The van der Waals surface area contributed by atoms with Crippen molar-refractivity contribution in [1.29, 1.82) is 0 Å². The van der Waals surface area contributed by atoms with Crippen molar-refractivity contribution in [1.82, 2.24) is 19.6 Å². The van der Waals surface area contributed by atoms with Crippen LogP contribution in [0.1, 0.15) is 29.5 Å². The highest BCUT2D eigenvalue weighted by molar-refractivity contribution is 7.90. The van der Waals surface area contributed by atoms with Gasteiger partial charge in [-0.2, -0.15) is 5.10 Å². The molecule has 142 valence electrons. The highest BCUT2D eigenvalue weighted by Crippen LogP contribution is 2.17. The summed E-state index contributed by atoms with van der Waals surface area (Å²) >= 11 is 0. The van der Waals surface area contributed by atoms with Gasteiger partial charge >= 0.3 is 0 Å². The van der Waals surface area contributed by atoms with Crippen LogP contribution in [0.25, 0.3) is 0 Å². The molecule has 2 aromatic heterocycles. The van der Waals surface area contributed by atoms with E-state index in [1.54, 1.807) is 4.90 Å². The summed E-state index contributed by atoms with van der Waals surface area (Å²) in [5, 5.41) is 4.12. The summed E-state index contributed by atoms with van der Waals surface area (Å²) in [5.41, 5.74) is 1.16. The quantitative estimate of drug-likeness (QED) is 0.776. The van der Waals surface area contributed by atoms with Crippen molar-refractivity contribution in [3.63, 3.8) is 0 Å². The maximum atomic E-state index is 12.6. The fourth-order valence-corrected chi connectivity index (χ4v) is 3.60. The normalized spacial score (nSPS) is 16.6. The lowest BCUT2D eigenvalue weighted by molar-refractivity contribution is 0.0723. The fraction of sp³-hybridized carbons (Fsp3) is 0.529. The number of hydrogen-bond acceptors (Lipinski definition) is 6. The van der Waals surface area contributed by atoms with E-state index < -0.39 is 9.84 Å². The van der Waals surface area contributed by atoms with Crippen molar-refractivity contribution in [3.05, 3.63) is 35.9 Å². The molecule has 0 N–H and O–H groups in total. The lowest BCUT2D eigenvalue weighted by Crippen LogP contribution is -2.34. The largest absolute Gasteiger partial charge is 0.440 e. The molecule has 3 heterocycles. The molecule has 0 spiro atoms. The van der Waals surface area contributed by atoms with Gasteiger partial charge in [0.05, 0.1) is 6.20 Å². The van der Waals surface area contributed by atoms with Gasteiger partial charge in [-0.15, -0.1) is 0 Å². The van der Waals surface area contributed by atoms with Crippen molar-refractivity contribution < 1.29 is 17.6 Å². The smallest absolute Gasteiger partial charge is 0.289 e. The van der Waals surface area contributed by atoms with Gasteiger partial charge in [-0.25, -0.2) is 8.42 Å². The predicted molar refractivity (Wildman–Crippen MR) is 95.5 cm³/mol. The molecular weight excluding hydrogens is 356 g/mol. The molecule has 26 heavy (non-hydrogen) atoms. The van der Waals surface area contributed by atoms with E-state index in [1.807, 2.05) is 17.1 Å². The van der Waals surface area contributed by atoms with Crippen LogP contribution in [0.15, 0.2) is 34.0 Å². The van der Waals surface area contributed by atoms with E-state index in [-0.39, 0.29) is 16.8 Å². The number of aryl methyl sites for hydroxylation is 1. The van der Waals surface area contributed by atoms with Gasteiger partial charge in [0.1, 0.15) is 0 Å². The number of aromatic nitrogens is 2. The lowest BCUT2D eigenvalue weighted by atomic mass is 10.3. The molecule has 1 amide bonds. The number of furan rings is 1. The van der Waals surface area contributed by atoms with Crippen LogP contribution in [0.4, 0.5) is 0 Å². The zero-order valence-corrected chi connectivity index (χ0v) is 15.9. The highest BCUT2D eigenvalue weighted by Gasteiger charge is 2.24. The van der Waals surface area contributed by atoms with E-state index in [1.165, 1.54) is 12.1 Å². The van der Waals surface area contributed by atoms with Crippen LogP contribution in [0.2, 0.25) is 0 Å². The third-order valence-electron chi connectivity index (χ3n) is 4.45. The van der Waals surface area contributed by atoms with Gasteiger partial charge in [0.2, 0.25) is 14.9 Å². The lowest BCUT2D eigenvalue weighted by Gasteiger charge is -2.20. The summed E-state index contributed by atoms with van der Waals surface area (Å²) in [7, 11) is -3.45. The maximum absolute atomic E-state index is 12.6. The molecule has 2 aromatic rings. The number of carbonyl (C=O) groups is 1. The Labute approximate surface area is 153 Å². The Kier molecular flexibility index (Phi) is 5.47. The number of hydrogen-bond donors (Lipinski definition) is 0. The van der Waals surface area contributed by atoms with E-state index in [0.717, 1.165) is 44.4 Å². The highest BCUT2D eigenvalue weighted by atomic mass is 32.2. The van der Waals surface area contributed by atoms with E-state index in [4.69, 9.17) is 4.42 Å². The second-order valence-corrected chi connectivity index (χ2v) is 8.46. The molecule has 0 radical (unpaired) electrons. The molecule has 0 unspecified atom stereocenters. The molecular formula is C17H24N4O4S. The minimum atomic E-state index is -3.45. The van der Waals surface area contributed by atoms with Gasteiger partial charge in [0, 0.05) is 57.3 Å². The number of sulfone groups is 1. The van der Waals surface area contributed by atoms with E-state index in [2.05, 4.69) is 16.9 Å². The minimum absolute atomic E-state index is 0.0723. The molecule has 0 saturated carbocycles. The van der Waals surface area contributed by atoms with Crippen LogP contribution in [-0.4, -0.2) is 66.3 Å². The molecule has 0 aromatic carbocycles. The van der Waals surface area contributed by atoms with E-state index in [0.29, 0.717) is 13.1 Å². The van der Waals surface area contributed by atoms with Crippen molar-refractivity contribution in [2.24, 2.45) is 0 Å². The third kappa shape index (κ3) is 4.34. The number of nitrogens with zero attached hydrogens (tertiary/aromatic N) is 4. The molecule has 8 nitrogen and oxygen atoms in total. The number of amides is 1. The third-order valence-corrected chi connectivity index (χ3v) is 5.40. The Morgan fingerprint density at radius 2 is 2.04 bits per heavy atom. The molecule has 1 aliphatic rings. The topological polar surface area (TPSA) is 88.6 Å². The first-order valence-electron chi connectivity index (χ1n) is 8.69. The van der Waals surface area contributed by atoms with Gasteiger partial charge in [-0.1, -0.05) is 0 Å². The standard InChI is InChI=1S/C17H24N4O4S/c1-3-21-13-14(11-18-21)12-19-7-4-8-20(10-9-19)17(22)15-5-6-16(25-15)26(2,23)24/h5-6,11,13H,3-4,7-10,12H2,1-2H3. The first-order valence-corrected chi connectivity index (χ1v) is 10.6. The van der Waals surface area contributed by atoms with Gasteiger partial charge in [-0.3, -0.25) is 14.4 Å². The second-order valence-electron chi connectivity index (χ2n) is 6.52. The summed E-state index contributed by atoms with van der Waals surface area (Å²) < 4.78 is 30.2. The minimum Gasteiger partial charge on any atom is -0.440 e. The van der Waals surface area contributed by atoms with Crippen molar-refractivity contribution in [3.8, 4) is 0 Å². The number of rotatable bonds is 5. The Bertz CT molecular complexity index is 871. The Balaban J connectivity index is 1.61. The first-order chi connectivity index (χ1) is 12.4. The average molecular weight is 380 g/mol. The zero-order valence-electron chi connectivity index (χ0n) is 15.1. The summed E-state index contributed by atoms with van der Waals surface area (Å²) in [6.07, 6.45) is 5.84. The van der Waals surface area contributed by atoms with Crippen LogP contribution >= 0.6 is 0 Å². The van der Waals surface area contributed by atoms with Crippen molar-refractivity contribution in [2.75, 3.05) is 32.4 Å². The van der Waals surface area contributed by atoms with Crippen LogP contribution in [-0.2, 0) is 22.9 Å². The van der Waals surface area contributed by atoms with Crippen LogP contribution in [0.5, 0.6) is 0 Å². The summed E-state index contributed by atoms with van der Waals surface area (Å²) in [6.45, 7) is 6.56. The molecule has 0 atom stereocenters. The monoisotopic (exact) mass is 380 g/mol. The van der Waals surface area contributed by atoms with Gasteiger partial charge in [0.15, 0.2) is 5.76 Å². The predicted octanol–water partition coefficient (Wildman–Crippen LogP) is 1.25. The summed E-state index contributed by atoms with van der Waals surface area (Å²) in [6, 6.07) is 2.76. The van der Waals surface area contributed by atoms with Gasteiger partial charge in [-0.05, 0) is 25.5 Å². The van der Waals surface area contributed by atoms with Crippen LogP contribution < -0.4 is 0 Å². The second kappa shape index (κ2) is 7.63. The molecule has 0 aliphatic carbocycles. The van der Waals surface area contributed by atoms with Gasteiger partial charge in [0.25, 0.3) is 5.91 Å². The SMILES string of the molecule is CCn1cc(CN2CCCN(C(=O)c3ccc(S(C)(=O)=O)o3)CC2)cn1. The summed E-state index contributed by atoms with van der Waals surface area (Å²) in [5.74, 6) is -0.191. The Hall–Kier alpha value is -2.13. The van der Waals surface area contributed by atoms with Crippen LogP contribution in [0, 0.1) is 0 Å². The van der Waals surface area contributed by atoms with E-state index >= 15 is 0 Å². The van der Waals surface area contributed by atoms with Crippen molar-refractivity contribution >= 4 is 15.7 Å². The molecule has 1 saturated heterocycles. The summed E-state index contributed by atoms with van der Waals surface area (Å²) in [4.78, 5) is 16.6. The number of carbonyl (C=O) groups excluding carboxylic acids is 1. The molecule has 1 aliphatic heterocycles. The molecule has 0 bridgehead atoms. The zero-order chi connectivity index (χ0) is 18.7.